The zero-order valence-corrected chi connectivity index (χ0v) is 18.8. The van der Waals surface area contributed by atoms with Crippen molar-refractivity contribution in [2.45, 2.75) is 4.90 Å². The van der Waals surface area contributed by atoms with Gasteiger partial charge in [-0.2, -0.15) is 0 Å². The molecule has 164 valence electrons. The van der Waals surface area contributed by atoms with Gasteiger partial charge < -0.3 is 4.57 Å². The van der Waals surface area contributed by atoms with E-state index >= 15 is 0 Å². The summed E-state index contributed by atoms with van der Waals surface area (Å²) in [7, 11) is 3.10. The molecule has 5 rings (SSSR count). The number of nitrogens with one attached hydrogen (secondary N) is 1. The lowest BCUT2D eigenvalue weighted by Gasteiger charge is -2.11. The second-order valence-corrected chi connectivity index (χ2v) is 9.48. The lowest BCUT2D eigenvalue weighted by Crippen LogP contribution is -2.19. The van der Waals surface area contributed by atoms with Crippen molar-refractivity contribution in [2.24, 2.45) is 21.1 Å². The molecule has 0 atom stereocenters. The number of fused-ring (bicyclic) bond motifs is 2. The Morgan fingerprint density at radius 1 is 0.938 bits per heavy atom. The lowest BCUT2D eigenvalue weighted by molar-refractivity contribution is 0.588. The number of rotatable bonds is 4. The van der Waals surface area contributed by atoms with Gasteiger partial charge in [0.05, 0.1) is 39.5 Å². The molecule has 0 aliphatic rings. The third-order valence-electron chi connectivity index (χ3n) is 5.76. The molecule has 0 spiro atoms. The molecular weight excluding hydrogens is 430 g/mol. The van der Waals surface area contributed by atoms with Gasteiger partial charge in [-0.15, -0.1) is 0 Å². The molecule has 0 fully saturated rings. The molecule has 0 saturated carbocycles. The first kappa shape index (κ1) is 20.2. The first-order valence-electron chi connectivity index (χ1n) is 9.81. The van der Waals surface area contributed by atoms with Gasteiger partial charge in [0.15, 0.2) is 5.82 Å². The summed E-state index contributed by atoms with van der Waals surface area (Å²) in [5.74, 6) is 0.610. The van der Waals surface area contributed by atoms with E-state index in [1.54, 1.807) is 54.0 Å². The van der Waals surface area contributed by atoms with Crippen LogP contribution in [0.1, 0.15) is 0 Å². The molecule has 11 heteroatoms. The molecule has 0 radical (unpaired) electrons. The maximum atomic E-state index is 12.4. The Balaban J connectivity index is 1.85. The van der Waals surface area contributed by atoms with Crippen molar-refractivity contribution in [1.29, 1.82) is 0 Å². The number of benzene rings is 2. The summed E-state index contributed by atoms with van der Waals surface area (Å²) in [5.41, 5.74) is 4.30. The van der Waals surface area contributed by atoms with Gasteiger partial charge in [-0.1, -0.05) is 0 Å². The van der Waals surface area contributed by atoms with E-state index in [1.165, 1.54) is 7.05 Å². The molecular formula is C21H21N7O3S. The zero-order chi connectivity index (χ0) is 22.8. The number of hydrogen-bond donors (Lipinski definition) is 1. The molecule has 0 amide bonds. The molecule has 0 bridgehead atoms. The van der Waals surface area contributed by atoms with Gasteiger partial charge in [0.25, 0.3) is 0 Å². The highest BCUT2D eigenvalue weighted by atomic mass is 32.2. The molecule has 0 saturated heterocycles. The summed E-state index contributed by atoms with van der Waals surface area (Å²) >= 11 is 0. The monoisotopic (exact) mass is 451 g/mol. The Labute approximate surface area is 183 Å². The fourth-order valence-electron chi connectivity index (χ4n) is 3.99. The summed E-state index contributed by atoms with van der Waals surface area (Å²) in [6.07, 6.45) is 3.39. The maximum Gasteiger partial charge on any atom is 0.328 e. The highest BCUT2D eigenvalue weighted by molar-refractivity contribution is 7.89. The van der Waals surface area contributed by atoms with Crippen molar-refractivity contribution in [3.05, 3.63) is 59.4 Å². The van der Waals surface area contributed by atoms with E-state index < -0.39 is 10.0 Å². The van der Waals surface area contributed by atoms with E-state index in [0.717, 1.165) is 27.9 Å². The molecule has 0 unspecified atom stereocenters. The predicted molar refractivity (Wildman–Crippen MR) is 121 cm³/mol. The SMILES string of the molecule is CNS(=O)(=O)c1ccc2c(c1)nc(-c1cncn1C)n2-c1ccc2c(c1)n(C)c(=O)n2C. The van der Waals surface area contributed by atoms with Crippen molar-refractivity contribution in [3.63, 3.8) is 0 Å². The summed E-state index contributed by atoms with van der Waals surface area (Å²) < 4.78 is 33.9. The van der Waals surface area contributed by atoms with Crippen molar-refractivity contribution in [2.75, 3.05) is 7.05 Å². The molecule has 0 aliphatic heterocycles. The first-order chi connectivity index (χ1) is 15.2. The standard InChI is InChI=1S/C21H21N7O3S/c1-22-32(30,31)14-6-8-16-15(10-14)24-20(19-11-23-12-25(19)2)28(16)13-5-7-17-18(9-13)27(4)21(29)26(17)3/h5-12,22H,1-4H3. The largest absolute Gasteiger partial charge is 0.331 e. The van der Waals surface area contributed by atoms with Gasteiger partial charge in [-0.05, 0) is 43.4 Å². The van der Waals surface area contributed by atoms with Gasteiger partial charge in [0.2, 0.25) is 10.0 Å². The Kier molecular flexibility index (Phi) is 4.36. The molecule has 3 heterocycles. The van der Waals surface area contributed by atoms with Crippen molar-refractivity contribution >= 4 is 32.1 Å². The normalized spacial score (nSPS) is 12.2. The number of imidazole rings is 3. The van der Waals surface area contributed by atoms with E-state index in [-0.39, 0.29) is 10.6 Å². The smallest absolute Gasteiger partial charge is 0.328 e. The minimum atomic E-state index is -3.61. The molecule has 32 heavy (non-hydrogen) atoms. The number of aromatic nitrogens is 6. The Morgan fingerprint density at radius 2 is 1.66 bits per heavy atom. The third-order valence-corrected chi connectivity index (χ3v) is 7.18. The quantitative estimate of drug-likeness (QED) is 0.446. The van der Waals surface area contributed by atoms with Gasteiger partial charge in [0.1, 0.15) is 5.69 Å². The summed E-state index contributed by atoms with van der Waals surface area (Å²) in [5, 5.41) is 0. The van der Waals surface area contributed by atoms with Crippen LogP contribution >= 0.6 is 0 Å². The average molecular weight is 452 g/mol. The van der Waals surface area contributed by atoms with Crippen molar-refractivity contribution < 1.29 is 8.42 Å². The molecule has 5 aromatic rings. The molecule has 10 nitrogen and oxygen atoms in total. The van der Waals surface area contributed by atoms with Crippen LogP contribution in [-0.4, -0.2) is 43.7 Å². The Hall–Kier alpha value is -3.70. The van der Waals surface area contributed by atoms with Crippen LogP contribution in [0.25, 0.3) is 39.3 Å². The lowest BCUT2D eigenvalue weighted by atomic mass is 10.2. The van der Waals surface area contributed by atoms with Gasteiger partial charge in [-0.25, -0.2) is 27.9 Å². The van der Waals surface area contributed by atoms with Crippen LogP contribution in [-0.2, 0) is 31.2 Å². The highest BCUT2D eigenvalue weighted by Gasteiger charge is 2.20. The van der Waals surface area contributed by atoms with Gasteiger partial charge in [-0.3, -0.25) is 13.7 Å². The van der Waals surface area contributed by atoms with Crippen LogP contribution in [0.3, 0.4) is 0 Å². The van der Waals surface area contributed by atoms with E-state index in [4.69, 9.17) is 4.98 Å². The molecule has 0 aliphatic carbocycles. The summed E-state index contributed by atoms with van der Waals surface area (Å²) in [6, 6.07) is 10.6. The van der Waals surface area contributed by atoms with Crippen molar-refractivity contribution in [1.82, 2.24) is 33.0 Å². The van der Waals surface area contributed by atoms with Crippen molar-refractivity contribution in [3.8, 4) is 17.2 Å². The number of hydrogen-bond acceptors (Lipinski definition) is 5. The second-order valence-electron chi connectivity index (χ2n) is 7.59. The zero-order valence-electron chi connectivity index (χ0n) is 17.9. The van der Waals surface area contributed by atoms with Crippen LogP contribution < -0.4 is 10.4 Å². The van der Waals surface area contributed by atoms with Crippen LogP contribution in [0, 0.1) is 0 Å². The van der Waals surface area contributed by atoms with Crippen LogP contribution in [0.5, 0.6) is 0 Å². The predicted octanol–water partition coefficient (Wildman–Crippen LogP) is 1.52. The summed E-state index contributed by atoms with van der Waals surface area (Å²) in [4.78, 5) is 21.5. The van der Waals surface area contributed by atoms with Gasteiger partial charge >= 0.3 is 5.69 Å². The molecule has 1 N–H and O–H groups in total. The van der Waals surface area contributed by atoms with E-state index in [1.807, 2.05) is 34.4 Å². The van der Waals surface area contributed by atoms with Crippen LogP contribution in [0.2, 0.25) is 0 Å². The molecule has 2 aromatic carbocycles. The van der Waals surface area contributed by atoms with Crippen LogP contribution in [0.15, 0.2) is 58.6 Å². The Morgan fingerprint density at radius 3 is 2.34 bits per heavy atom. The Bertz CT molecular complexity index is 1690. The van der Waals surface area contributed by atoms with E-state index in [9.17, 15) is 13.2 Å². The summed E-state index contributed by atoms with van der Waals surface area (Å²) in [6.45, 7) is 0. The third kappa shape index (κ3) is 2.82. The maximum absolute atomic E-state index is 12.4. The number of aryl methyl sites for hydroxylation is 3. The van der Waals surface area contributed by atoms with Crippen LogP contribution in [0.4, 0.5) is 0 Å². The fourth-order valence-corrected chi connectivity index (χ4v) is 4.73. The number of nitrogens with zero attached hydrogens (tertiary/aromatic N) is 6. The second kappa shape index (κ2) is 6.90. The van der Waals surface area contributed by atoms with E-state index in [0.29, 0.717) is 11.3 Å². The van der Waals surface area contributed by atoms with E-state index in [2.05, 4.69) is 9.71 Å². The highest BCUT2D eigenvalue weighted by Crippen LogP contribution is 2.31. The first-order valence-corrected chi connectivity index (χ1v) is 11.3. The topological polar surface area (TPSA) is 109 Å². The fraction of sp³-hybridized carbons (Fsp3) is 0.190. The minimum absolute atomic E-state index is 0.110. The minimum Gasteiger partial charge on any atom is -0.331 e. The average Bonchev–Trinajstić information content (AvgIpc) is 3.44. The molecule has 3 aromatic heterocycles. The number of sulfonamides is 1. The van der Waals surface area contributed by atoms with Gasteiger partial charge in [0, 0.05) is 26.8 Å².